The zero-order chi connectivity index (χ0) is 16.8. The third kappa shape index (κ3) is 6.97. The molecule has 0 aromatic heterocycles. The molecule has 1 amide bonds. The minimum absolute atomic E-state index is 0.00131. The summed E-state index contributed by atoms with van der Waals surface area (Å²) >= 11 is 0. The van der Waals surface area contributed by atoms with E-state index >= 15 is 0 Å². The molecule has 1 aliphatic rings. The minimum atomic E-state index is -4.17. The number of halogens is 3. The quantitative estimate of drug-likeness (QED) is 0.563. The molecule has 1 saturated heterocycles. The highest BCUT2D eigenvalue weighted by Gasteiger charge is 2.34. The van der Waals surface area contributed by atoms with E-state index in [0.717, 1.165) is 0 Å². The number of carbonyl (C=O) groups excluding carboxylic acids is 1. The maximum atomic E-state index is 12.4. The molecule has 2 N–H and O–H groups in total. The van der Waals surface area contributed by atoms with Crippen LogP contribution in [0, 0.1) is 0 Å². The van der Waals surface area contributed by atoms with Gasteiger partial charge < -0.3 is 15.5 Å². The topological polar surface area (TPSA) is 60.0 Å². The number of amides is 1. The Morgan fingerprint density at radius 2 is 2.09 bits per heavy atom. The molecule has 0 aliphatic carbocycles. The molecule has 128 valence electrons. The fraction of sp³-hybridized carbons (Fsp3) is 0.846. The van der Waals surface area contributed by atoms with E-state index in [9.17, 15) is 18.0 Å². The Kier molecular flexibility index (Phi) is 6.92. The van der Waals surface area contributed by atoms with Gasteiger partial charge in [0.25, 0.3) is 0 Å². The van der Waals surface area contributed by atoms with Crippen LogP contribution in [0.1, 0.15) is 13.3 Å². The summed E-state index contributed by atoms with van der Waals surface area (Å²) in [6.45, 7) is 2.31. The van der Waals surface area contributed by atoms with Crippen LogP contribution in [-0.2, 0) is 4.79 Å². The van der Waals surface area contributed by atoms with E-state index < -0.39 is 12.7 Å². The van der Waals surface area contributed by atoms with Gasteiger partial charge in [-0.25, -0.2) is 4.99 Å². The van der Waals surface area contributed by atoms with Crippen LogP contribution >= 0.6 is 0 Å². The number of nitrogens with one attached hydrogen (secondary N) is 2. The largest absolute Gasteiger partial charge is 0.401 e. The smallest absolute Gasteiger partial charge is 0.357 e. The first-order valence-electron chi connectivity index (χ1n) is 7.25. The van der Waals surface area contributed by atoms with Gasteiger partial charge in [0.15, 0.2) is 5.96 Å². The summed E-state index contributed by atoms with van der Waals surface area (Å²) in [4.78, 5) is 18.5. The van der Waals surface area contributed by atoms with Crippen molar-refractivity contribution in [3.05, 3.63) is 0 Å². The van der Waals surface area contributed by atoms with Crippen molar-refractivity contribution in [2.45, 2.75) is 25.6 Å². The molecule has 1 rings (SSSR count). The lowest BCUT2D eigenvalue weighted by Gasteiger charge is -2.20. The average Bonchev–Trinajstić information content (AvgIpc) is 2.80. The molecule has 1 aliphatic heterocycles. The van der Waals surface area contributed by atoms with Crippen molar-refractivity contribution in [3.8, 4) is 0 Å². The Bertz CT molecular complexity index is 398. The van der Waals surface area contributed by atoms with Crippen LogP contribution in [0.25, 0.3) is 0 Å². The molecule has 0 spiro atoms. The number of alkyl halides is 3. The second-order valence-electron chi connectivity index (χ2n) is 5.46. The Labute approximate surface area is 128 Å². The number of rotatable bonds is 5. The van der Waals surface area contributed by atoms with E-state index in [1.165, 1.54) is 9.80 Å². The molecular formula is C13H24F3N5O. The number of carbonyl (C=O) groups is 1. The molecule has 1 heterocycles. The first kappa shape index (κ1) is 18.5. The average molecular weight is 323 g/mol. The third-order valence-corrected chi connectivity index (χ3v) is 3.23. The molecule has 1 unspecified atom stereocenters. The van der Waals surface area contributed by atoms with E-state index in [2.05, 4.69) is 15.6 Å². The summed E-state index contributed by atoms with van der Waals surface area (Å²) in [5.74, 6) is 0.318. The first-order chi connectivity index (χ1) is 10.2. The van der Waals surface area contributed by atoms with Crippen molar-refractivity contribution in [1.29, 1.82) is 0 Å². The third-order valence-electron chi connectivity index (χ3n) is 3.23. The van der Waals surface area contributed by atoms with Crippen LogP contribution in [0.15, 0.2) is 4.99 Å². The van der Waals surface area contributed by atoms with Crippen molar-refractivity contribution in [2.75, 3.05) is 46.8 Å². The number of hydrogen-bond acceptors (Lipinski definition) is 3. The molecule has 9 heteroatoms. The molecule has 6 nitrogen and oxygen atoms in total. The normalized spacial score (nSPS) is 20.1. The van der Waals surface area contributed by atoms with Crippen molar-refractivity contribution < 1.29 is 18.0 Å². The summed E-state index contributed by atoms with van der Waals surface area (Å²) in [5, 5.41) is 6.08. The van der Waals surface area contributed by atoms with Crippen LogP contribution in [0.2, 0.25) is 0 Å². The number of aliphatic imine (C=N–C) groups is 1. The molecule has 1 fully saturated rings. The van der Waals surface area contributed by atoms with Crippen LogP contribution in [-0.4, -0.2) is 80.7 Å². The van der Waals surface area contributed by atoms with E-state index in [0.29, 0.717) is 32.0 Å². The fourth-order valence-corrected chi connectivity index (χ4v) is 2.15. The van der Waals surface area contributed by atoms with E-state index in [1.807, 2.05) is 6.92 Å². The molecule has 1 atom stereocenters. The molecule has 0 bridgehead atoms. The first-order valence-corrected chi connectivity index (χ1v) is 7.25. The zero-order valence-electron chi connectivity index (χ0n) is 13.2. The van der Waals surface area contributed by atoms with Crippen LogP contribution in [0.5, 0.6) is 0 Å². The molecule has 0 aromatic rings. The highest BCUT2D eigenvalue weighted by molar-refractivity contribution is 5.84. The Morgan fingerprint density at radius 1 is 1.41 bits per heavy atom. The van der Waals surface area contributed by atoms with Gasteiger partial charge in [-0.15, -0.1) is 0 Å². The maximum Gasteiger partial charge on any atom is 0.401 e. The highest BCUT2D eigenvalue weighted by Crippen LogP contribution is 2.19. The molecule has 0 radical (unpaired) electrons. The van der Waals surface area contributed by atoms with E-state index in [4.69, 9.17) is 0 Å². The second kappa shape index (κ2) is 8.21. The van der Waals surface area contributed by atoms with Crippen LogP contribution in [0.4, 0.5) is 13.2 Å². The lowest BCUT2D eigenvalue weighted by molar-refractivity contribution is -0.143. The minimum Gasteiger partial charge on any atom is -0.357 e. The van der Waals surface area contributed by atoms with E-state index in [1.54, 1.807) is 14.1 Å². The SMILES string of the molecule is CCNC(=NCC(=O)N(C)C)NC1CCN(CC(F)(F)F)C1. The van der Waals surface area contributed by atoms with Gasteiger partial charge in [-0.2, -0.15) is 13.2 Å². The summed E-state index contributed by atoms with van der Waals surface area (Å²) in [6, 6.07) is -0.102. The van der Waals surface area contributed by atoms with Crippen LogP contribution in [0.3, 0.4) is 0 Å². The summed E-state index contributed by atoms with van der Waals surface area (Å²) in [7, 11) is 3.29. The second-order valence-corrected chi connectivity index (χ2v) is 5.46. The Balaban J connectivity index is 2.50. The predicted octanol–water partition coefficient (Wildman–Crippen LogP) is 0.266. The van der Waals surface area contributed by atoms with E-state index in [-0.39, 0.29) is 18.5 Å². The van der Waals surface area contributed by atoms with Gasteiger partial charge in [0.1, 0.15) is 6.54 Å². The van der Waals surface area contributed by atoms with Crippen molar-refractivity contribution in [2.24, 2.45) is 4.99 Å². The van der Waals surface area contributed by atoms with Crippen molar-refractivity contribution >= 4 is 11.9 Å². The molecule has 0 saturated carbocycles. The zero-order valence-corrected chi connectivity index (χ0v) is 13.2. The van der Waals surface area contributed by atoms with Gasteiger partial charge in [0.05, 0.1) is 6.54 Å². The fourth-order valence-electron chi connectivity index (χ4n) is 2.15. The van der Waals surface area contributed by atoms with Crippen molar-refractivity contribution in [1.82, 2.24) is 20.4 Å². The standard InChI is InChI=1S/C13H24F3N5O/c1-4-17-12(18-7-11(22)20(2)3)19-10-5-6-21(8-10)9-13(14,15)16/h10H,4-9H2,1-3H3,(H2,17,18,19). The van der Waals surface area contributed by atoms with Crippen molar-refractivity contribution in [3.63, 3.8) is 0 Å². The molecule has 22 heavy (non-hydrogen) atoms. The Hall–Kier alpha value is -1.51. The monoisotopic (exact) mass is 323 g/mol. The molecule has 0 aromatic carbocycles. The highest BCUT2D eigenvalue weighted by atomic mass is 19.4. The van der Waals surface area contributed by atoms with Gasteiger partial charge in [-0.1, -0.05) is 0 Å². The summed E-state index contributed by atoms with van der Waals surface area (Å²) < 4.78 is 37.1. The number of hydrogen-bond donors (Lipinski definition) is 2. The van der Waals surface area contributed by atoms with Gasteiger partial charge in [0, 0.05) is 39.8 Å². The van der Waals surface area contributed by atoms with Gasteiger partial charge in [-0.3, -0.25) is 9.69 Å². The van der Waals surface area contributed by atoms with Crippen LogP contribution < -0.4 is 10.6 Å². The lowest BCUT2D eigenvalue weighted by atomic mass is 10.3. The Morgan fingerprint density at radius 3 is 2.64 bits per heavy atom. The number of guanidine groups is 1. The van der Waals surface area contributed by atoms with Gasteiger partial charge >= 0.3 is 6.18 Å². The summed E-state index contributed by atoms with van der Waals surface area (Å²) in [6.07, 6.45) is -3.56. The predicted molar refractivity (Wildman–Crippen MR) is 78.7 cm³/mol. The number of likely N-dealkylation sites (N-methyl/N-ethyl adjacent to an activating group) is 1. The number of nitrogens with zero attached hydrogens (tertiary/aromatic N) is 3. The molecular weight excluding hydrogens is 299 g/mol. The van der Waals surface area contributed by atoms with Gasteiger partial charge in [0.2, 0.25) is 5.91 Å². The maximum absolute atomic E-state index is 12.4. The summed E-state index contributed by atoms with van der Waals surface area (Å²) in [5.41, 5.74) is 0. The van der Waals surface area contributed by atoms with Gasteiger partial charge in [-0.05, 0) is 13.3 Å². The lowest BCUT2D eigenvalue weighted by Crippen LogP contribution is -2.45. The number of likely N-dealkylation sites (tertiary alicyclic amines) is 1.